The molecule has 37 heavy (non-hydrogen) atoms. The van der Waals surface area contributed by atoms with Gasteiger partial charge in [-0.3, -0.25) is 0 Å². The maximum Gasteiger partial charge on any atom is 0.372 e. The van der Waals surface area contributed by atoms with Gasteiger partial charge in [0.15, 0.2) is 5.76 Å². The van der Waals surface area contributed by atoms with E-state index in [2.05, 4.69) is 20.1 Å². The van der Waals surface area contributed by atoms with E-state index in [9.17, 15) is 14.7 Å². The second kappa shape index (κ2) is 16.2. The van der Waals surface area contributed by atoms with Gasteiger partial charge in [-0.2, -0.15) is 0 Å². The zero-order valence-corrected chi connectivity index (χ0v) is 23.5. The summed E-state index contributed by atoms with van der Waals surface area (Å²) in [6, 6.07) is 0. The molecule has 0 aromatic heterocycles. The molecule has 6 nitrogen and oxygen atoms in total. The molecule has 0 saturated heterocycles. The van der Waals surface area contributed by atoms with E-state index < -0.39 is 29.7 Å². The molecule has 2 fully saturated rings. The van der Waals surface area contributed by atoms with Crippen molar-refractivity contribution < 1.29 is 29.3 Å². The van der Waals surface area contributed by atoms with E-state index in [1.54, 1.807) is 0 Å². The first-order valence-corrected chi connectivity index (χ1v) is 14.7. The van der Waals surface area contributed by atoms with Crippen molar-refractivity contribution in [2.24, 2.45) is 29.1 Å². The minimum absolute atomic E-state index is 0.000881. The second-order valence-electron chi connectivity index (χ2n) is 11.8. The average Bonchev–Trinajstić information content (AvgIpc) is 2.92. The first-order chi connectivity index (χ1) is 17.7. The van der Waals surface area contributed by atoms with E-state index in [-0.39, 0.29) is 18.8 Å². The number of ether oxygens (including phenoxy) is 2. The Morgan fingerprint density at radius 2 is 1.32 bits per heavy atom. The molecule has 0 amide bonds. The summed E-state index contributed by atoms with van der Waals surface area (Å²) in [6.45, 7) is 10.7. The number of aliphatic hydroxyl groups is 2. The number of rotatable bonds is 16. The summed E-state index contributed by atoms with van der Waals surface area (Å²) in [6.07, 6.45) is 18.7. The molecule has 2 aliphatic carbocycles. The van der Waals surface area contributed by atoms with Crippen LogP contribution in [0.5, 0.6) is 0 Å². The normalized spacial score (nSPS) is 25.6. The molecule has 1 unspecified atom stereocenters. The van der Waals surface area contributed by atoms with Crippen molar-refractivity contribution in [1.29, 1.82) is 0 Å². The highest BCUT2D eigenvalue weighted by atomic mass is 16.6. The minimum atomic E-state index is -0.857. The van der Waals surface area contributed by atoms with Crippen LogP contribution in [0.3, 0.4) is 0 Å². The standard InChI is InChI=1S/C31H52O6/c1-5-7-8-9-25-10-14-27(15-11-25)28-16-12-26(13-17-28)18-19-31(6-2,22-37-30(35)24(4)33)21-36-29(34)23(3)20-32/h25-28,32-33H,3-22H2,1-2H3. The molecular weight excluding hydrogens is 468 g/mol. The first-order valence-electron chi connectivity index (χ1n) is 14.7. The molecule has 212 valence electrons. The van der Waals surface area contributed by atoms with Gasteiger partial charge in [-0.25, -0.2) is 9.59 Å². The number of aliphatic hydroxyl groups excluding tert-OH is 2. The molecular formula is C31H52O6. The third kappa shape index (κ3) is 10.5. The molecule has 2 aliphatic rings. The molecule has 0 spiro atoms. The fraction of sp³-hybridized carbons (Fsp3) is 0.806. The lowest BCUT2D eigenvalue weighted by atomic mass is 9.67. The zero-order valence-electron chi connectivity index (χ0n) is 23.5. The molecule has 0 aliphatic heterocycles. The number of hydrogen-bond donors (Lipinski definition) is 2. The molecule has 2 N–H and O–H groups in total. The largest absolute Gasteiger partial charge is 0.502 e. The smallest absolute Gasteiger partial charge is 0.372 e. The van der Waals surface area contributed by atoms with E-state index in [1.165, 1.54) is 77.0 Å². The van der Waals surface area contributed by atoms with E-state index >= 15 is 0 Å². The van der Waals surface area contributed by atoms with Gasteiger partial charge >= 0.3 is 11.9 Å². The molecule has 1 atom stereocenters. The van der Waals surface area contributed by atoms with Gasteiger partial charge in [0.1, 0.15) is 13.2 Å². The van der Waals surface area contributed by atoms with Crippen LogP contribution in [0.15, 0.2) is 24.5 Å². The van der Waals surface area contributed by atoms with E-state index in [1.807, 2.05) is 6.92 Å². The van der Waals surface area contributed by atoms with Gasteiger partial charge < -0.3 is 19.7 Å². The minimum Gasteiger partial charge on any atom is -0.502 e. The molecule has 0 heterocycles. The van der Waals surface area contributed by atoms with Crippen molar-refractivity contribution in [3.05, 3.63) is 24.5 Å². The number of carbonyl (C=O) groups is 2. The summed E-state index contributed by atoms with van der Waals surface area (Å²) in [5.41, 5.74) is -0.553. The molecule has 0 bridgehead atoms. The Bertz CT molecular complexity index is 730. The third-order valence-electron chi connectivity index (χ3n) is 9.23. The average molecular weight is 521 g/mol. The Labute approximate surface area is 224 Å². The van der Waals surface area contributed by atoms with Crippen molar-refractivity contribution >= 4 is 11.9 Å². The molecule has 0 aromatic rings. The van der Waals surface area contributed by atoms with Gasteiger partial charge in [-0.15, -0.1) is 0 Å². The fourth-order valence-corrected chi connectivity index (χ4v) is 6.34. The van der Waals surface area contributed by atoms with Gasteiger partial charge in [0, 0.05) is 5.41 Å². The maximum absolute atomic E-state index is 12.1. The molecule has 0 radical (unpaired) electrons. The molecule has 0 aromatic carbocycles. The highest BCUT2D eigenvalue weighted by molar-refractivity contribution is 5.88. The van der Waals surface area contributed by atoms with Crippen LogP contribution in [0.4, 0.5) is 0 Å². The van der Waals surface area contributed by atoms with Crippen molar-refractivity contribution in [1.82, 2.24) is 0 Å². The zero-order chi connectivity index (χ0) is 27.3. The second-order valence-corrected chi connectivity index (χ2v) is 11.8. The predicted octanol–water partition coefficient (Wildman–Crippen LogP) is 7.06. The molecule has 6 heteroatoms. The highest BCUT2D eigenvalue weighted by Gasteiger charge is 2.35. The van der Waals surface area contributed by atoms with E-state index in [0.29, 0.717) is 12.3 Å². The van der Waals surface area contributed by atoms with Gasteiger partial charge in [0.25, 0.3) is 0 Å². The number of esters is 2. The summed E-state index contributed by atoms with van der Waals surface area (Å²) in [5, 5.41) is 18.5. The highest BCUT2D eigenvalue weighted by Crippen LogP contribution is 2.44. The Hall–Kier alpha value is -1.82. The Kier molecular flexibility index (Phi) is 13.8. The predicted molar refractivity (Wildman–Crippen MR) is 147 cm³/mol. The number of carbonyl (C=O) groups excluding carboxylic acids is 2. The Morgan fingerprint density at radius 3 is 1.78 bits per heavy atom. The van der Waals surface area contributed by atoms with Crippen molar-refractivity contribution in [2.45, 2.75) is 110 Å². The van der Waals surface area contributed by atoms with Crippen LogP contribution in [-0.2, 0) is 19.1 Å². The van der Waals surface area contributed by atoms with Crippen LogP contribution in [0, 0.1) is 29.1 Å². The maximum atomic E-state index is 12.1. The summed E-state index contributed by atoms with van der Waals surface area (Å²) in [4.78, 5) is 24.0. The Morgan fingerprint density at radius 1 is 0.811 bits per heavy atom. The fourth-order valence-electron chi connectivity index (χ4n) is 6.34. The van der Waals surface area contributed by atoms with E-state index in [0.717, 1.165) is 30.6 Å². The van der Waals surface area contributed by atoms with Gasteiger partial charge in [0.2, 0.25) is 0 Å². The first kappa shape index (κ1) is 31.4. The van der Waals surface area contributed by atoms with Crippen molar-refractivity contribution in [3.8, 4) is 0 Å². The van der Waals surface area contributed by atoms with Crippen LogP contribution < -0.4 is 0 Å². The van der Waals surface area contributed by atoms with Gasteiger partial charge in [-0.1, -0.05) is 71.8 Å². The summed E-state index contributed by atoms with van der Waals surface area (Å²) in [7, 11) is 0. The van der Waals surface area contributed by atoms with E-state index in [4.69, 9.17) is 14.6 Å². The quantitative estimate of drug-likeness (QED) is 0.0979. The topological polar surface area (TPSA) is 93.1 Å². The van der Waals surface area contributed by atoms with Crippen molar-refractivity contribution in [3.63, 3.8) is 0 Å². The van der Waals surface area contributed by atoms with Crippen LogP contribution in [0.1, 0.15) is 110 Å². The number of unbranched alkanes of at least 4 members (excludes halogenated alkanes) is 2. The Balaban J connectivity index is 1.84. The SMILES string of the molecule is C=C(O)C(=O)OCC(CC)(CCC1CCC(C2CCC(CCCCC)CC2)CC1)COC(=O)C(=C)CO. The lowest BCUT2D eigenvalue weighted by molar-refractivity contribution is -0.152. The van der Waals surface area contributed by atoms with Gasteiger partial charge in [-0.05, 0) is 75.2 Å². The number of hydrogen-bond acceptors (Lipinski definition) is 6. The van der Waals surface area contributed by atoms with Crippen LogP contribution in [-0.4, -0.2) is 42.0 Å². The summed E-state index contributed by atoms with van der Waals surface area (Å²) < 4.78 is 10.7. The van der Waals surface area contributed by atoms with Crippen molar-refractivity contribution in [2.75, 3.05) is 19.8 Å². The van der Waals surface area contributed by atoms with Crippen LogP contribution >= 0.6 is 0 Å². The molecule has 2 rings (SSSR count). The lowest BCUT2D eigenvalue weighted by Crippen LogP contribution is -2.35. The summed E-state index contributed by atoms with van der Waals surface area (Å²) in [5.74, 6) is 1.22. The third-order valence-corrected chi connectivity index (χ3v) is 9.23. The monoisotopic (exact) mass is 520 g/mol. The summed E-state index contributed by atoms with van der Waals surface area (Å²) >= 11 is 0. The van der Waals surface area contributed by atoms with Crippen LogP contribution in [0.25, 0.3) is 0 Å². The van der Waals surface area contributed by atoms with Gasteiger partial charge in [0.05, 0.1) is 12.2 Å². The molecule has 2 saturated carbocycles. The van der Waals surface area contributed by atoms with Crippen LogP contribution in [0.2, 0.25) is 0 Å². The lowest BCUT2D eigenvalue weighted by Gasteiger charge is -2.39.